The number of methoxy groups -OCH3 is 1. The van der Waals surface area contributed by atoms with Crippen LogP contribution in [0.3, 0.4) is 0 Å². The maximum Gasteiger partial charge on any atom is 0.144 e. The van der Waals surface area contributed by atoms with Gasteiger partial charge in [0, 0.05) is 34.7 Å². The molecule has 1 aliphatic rings. The third kappa shape index (κ3) is 3.38. The van der Waals surface area contributed by atoms with Gasteiger partial charge in [-0.2, -0.15) is 0 Å². The van der Waals surface area contributed by atoms with Crippen molar-refractivity contribution in [1.29, 1.82) is 0 Å². The first-order chi connectivity index (χ1) is 12.2. The Labute approximate surface area is 154 Å². The van der Waals surface area contributed by atoms with E-state index in [0.717, 1.165) is 51.4 Å². The Bertz CT molecular complexity index is 913. The number of hydrogen-bond acceptors (Lipinski definition) is 6. The van der Waals surface area contributed by atoms with Gasteiger partial charge in [-0.15, -0.1) is 0 Å². The molecule has 1 saturated heterocycles. The largest absolute Gasteiger partial charge is 0.495 e. The van der Waals surface area contributed by atoms with Gasteiger partial charge in [0.1, 0.15) is 17.9 Å². The number of rotatable bonds is 5. The zero-order valence-corrected chi connectivity index (χ0v) is 15.3. The van der Waals surface area contributed by atoms with Crippen molar-refractivity contribution in [3.8, 4) is 5.75 Å². The fourth-order valence-corrected chi connectivity index (χ4v) is 3.18. The van der Waals surface area contributed by atoms with E-state index in [2.05, 4.69) is 41.8 Å². The first kappa shape index (κ1) is 16.1. The predicted octanol–water partition coefficient (Wildman–Crippen LogP) is 3.53. The number of fused-ring (bicyclic) bond motifs is 1. The minimum Gasteiger partial charge on any atom is -0.495 e. The van der Waals surface area contributed by atoms with Gasteiger partial charge in [-0.3, -0.25) is 0 Å². The first-order valence-corrected chi connectivity index (χ1v) is 8.85. The molecular weight excluding hydrogens is 382 g/mol. The van der Waals surface area contributed by atoms with Crippen molar-refractivity contribution in [1.82, 2.24) is 15.3 Å². The quantitative estimate of drug-likeness (QED) is 0.609. The third-order valence-corrected chi connectivity index (χ3v) is 4.68. The lowest BCUT2D eigenvalue weighted by atomic mass is 10.1. The SMILES string of the molecule is COc1cc2ncnc(Nc3cccc(Br)c3)c2cc1NC1CNC1. The maximum absolute atomic E-state index is 5.53. The molecule has 3 aromatic rings. The van der Waals surface area contributed by atoms with E-state index in [1.807, 2.05) is 36.4 Å². The molecule has 0 atom stereocenters. The summed E-state index contributed by atoms with van der Waals surface area (Å²) >= 11 is 3.49. The highest BCUT2D eigenvalue weighted by molar-refractivity contribution is 9.10. The number of anilines is 3. The molecule has 2 heterocycles. The molecule has 128 valence electrons. The van der Waals surface area contributed by atoms with Crippen molar-refractivity contribution < 1.29 is 4.74 Å². The summed E-state index contributed by atoms with van der Waals surface area (Å²) in [6, 6.07) is 12.4. The van der Waals surface area contributed by atoms with Crippen LogP contribution in [0.4, 0.5) is 17.2 Å². The lowest BCUT2D eigenvalue weighted by Crippen LogP contribution is -2.51. The molecule has 0 spiro atoms. The molecule has 0 radical (unpaired) electrons. The van der Waals surface area contributed by atoms with Gasteiger partial charge in [0.25, 0.3) is 0 Å². The van der Waals surface area contributed by atoms with Crippen LogP contribution < -0.4 is 20.7 Å². The molecule has 0 aliphatic carbocycles. The van der Waals surface area contributed by atoms with Gasteiger partial charge in [0.2, 0.25) is 0 Å². The second-order valence-corrected chi connectivity index (χ2v) is 6.84. The van der Waals surface area contributed by atoms with Crippen LogP contribution >= 0.6 is 15.9 Å². The molecule has 3 N–H and O–H groups in total. The van der Waals surface area contributed by atoms with E-state index in [4.69, 9.17) is 4.74 Å². The van der Waals surface area contributed by atoms with Crippen molar-refractivity contribution in [2.24, 2.45) is 0 Å². The number of benzene rings is 2. The van der Waals surface area contributed by atoms with Crippen LogP contribution in [0.5, 0.6) is 5.75 Å². The minimum absolute atomic E-state index is 0.414. The number of aromatic nitrogens is 2. The van der Waals surface area contributed by atoms with Crippen LogP contribution in [0.1, 0.15) is 0 Å². The van der Waals surface area contributed by atoms with Crippen LogP contribution in [0.15, 0.2) is 47.2 Å². The van der Waals surface area contributed by atoms with Gasteiger partial charge in [-0.25, -0.2) is 9.97 Å². The van der Waals surface area contributed by atoms with Gasteiger partial charge in [0.05, 0.1) is 24.4 Å². The van der Waals surface area contributed by atoms with E-state index >= 15 is 0 Å². The van der Waals surface area contributed by atoms with Crippen LogP contribution in [-0.2, 0) is 0 Å². The van der Waals surface area contributed by atoms with Crippen LogP contribution in [-0.4, -0.2) is 36.2 Å². The Balaban J connectivity index is 1.74. The summed E-state index contributed by atoms with van der Waals surface area (Å²) in [7, 11) is 1.67. The maximum atomic E-state index is 5.53. The summed E-state index contributed by atoms with van der Waals surface area (Å²) in [5.41, 5.74) is 2.75. The molecule has 25 heavy (non-hydrogen) atoms. The lowest BCUT2D eigenvalue weighted by Gasteiger charge is -2.29. The Kier molecular flexibility index (Phi) is 4.42. The summed E-state index contributed by atoms with van der Waals surface area (Å²) < 4.78 is 6.54. The van der Waals surface area contributed by atoms with Crippen molar-refractivity contribution in [2.75, 3.05) is 30.8 Å². The average molecular weight is 400 g/mol. The number of nitrogens with zero attached hydrogens (tertiary/aromatic N) is 2. The normalized spacial score (nSPS) is 14.2. The van der Waals surface area contributed by atoms with Gasteiger partial charge < -0.3 is 20.7 Å². The Hall–Kier alpha value is -2.38. The summed E-state index contributed by atoms with van der Waals surface area (Å²) in [4.78, 5) is 8.81. The molecule has 1 aromatic heterocycles. The molecule has 6 nitrogen and oxygen atoms in total. The van der Waals surface area contributed by atoms with Crippen LogP contribution in [0.2, 0.25) is 0 Å². The van der Waals surface area contributed by atoms with E-state index in [1.165, 1.54) is 0 Å². The molecule has 0 saturated carbocycles. The zero-order valence-electron chi connectivity index (χ0n) is 13.7. The molecule has 7 heteroatoms. The molecule has 1 fully saturated rings. The number of halogens is 1. The van der Waals surface area contributed by atoms with Gasteiger partial charge in [-0.1, -0.05) is 22.0 Å². The van der Waals surface area contributed by atoms with E-state index in [1.54, 1.807) is 13.4 Å². The first-order valence-electron chi connectivity index (χ1n) is 8.05. The zero-order chi connectivity index (χ0) is 17.2. The number of nitrogens with one attached hydrogen (secondary N) is 3. The molecule has 0 amide bonds. The van der Waals surface area contributed by atoms with Crippen molar-refractivity contribution in [2.45, 2.75) is 6.04 Å². The monoisotopic (exact) mass is 399 g/mol. The standard InChI is InChI=1S/C18H18BrN5O/c1-25-17-7-15-14(6-16(17)23-13-8-20-9-13)18(22-10-21-15)24-12-4-2-3-11(19)5-12/h2-7,10,13,20,23H,8-9H2,1H3,(H,21,22,24). The highest BCUT2D eigenvalue weighted by atomic mass is 79.9. The molecular formula is C18H18BrN5O. The molecule has 1 aliphatic heterocycles. The summed E-state index contributed by atoms with van der Waals surface area (Å²) in [6.45, 7) is 1.91. The lowest BCUT2D eigenvalue weighted by molar-refractivity contribution is 0.413. The average Bonchev–Trinajstić information content (AvgIpc) is 2.58. The van der Waals surface area contributed by atoms with Gasteiger partial charge >= 0.3 is 0 Å². The van der Waals surface area contributed by atoms with Gasteiger partial charge in [0.15, 0.2) is 0 Å². The molecule has 2 aromatic carbocycles. The van der Waals surface area contributed by atoms with Crippen molar-refractivity contribution in [3.63, 3.8) is 0 Å². The summed E-state index contributed by atoms with van der Waals surface area (Å²) in [5, 5.41) is 11.1. The number of hydrogen-bond donors (Lipinski definition) is 3. The van der Waals surface area contributed by atoms with E-state index in [0.29, 0.717) is 6.04 Å². The molecule has 4 rings (SSSR count). The Morgan fingerprint density at radius 3 is 2.80 bits per heavy atom. The van der Waals surface area contributed by atoms with Crippen molar-refractivity contribution in [3.05, 3.63) is 47.2 Å². The molecule has 0 bridgehead atoms. The highest BCUT2D eigenvalue weighted by Crippen LogP contribution is 2.33. The molecule has 0 unspecified atom stereocenters. The van der Waals surface area contributed by atoms with Gasteiger partial charge in [-0.05, 0) is 24.3 Å². The Morgan fingerprint density at radius 1 is 1.20 bits per heavy atom. The summed E-state index contributed by atoms with van der Waals surface area (Å²) in [6.07, 6.45) is 1.56. The van der Waals surface area contributed by atoms with Crippen molar-refractivity contribution >= 4 is 44.0 Å². The van der Waals surface area contributed by atoms with Crippen LogP contribution in [0, 0.1) is 0 Å². The fourth-order valence-electron chi connectivity index (χ4n) is 2.78. The number of ether oxygens (including phenoxy) is 1. The highest BCUT2D eigenvalue weighted by Gasteiger charge is 2.19. The second-order valence-electron chi connectivity index (χ2n) is 5.93. The van der Waals surface area contributed by atoms with E-state index < -0.39 is 0 Å². The predicted molar refractivity (Wildman–Crippen MR) is 104 cm³/mol. The smallest absolute Gasteiger partial charge is 0.144 e. The second kappa shape index (κ2) is 6.85. The van der Waals surface area contributed by atoms with E-state index in [9.17, 15) is 0 Å². The topological polar surface area (TPSA) is 71.1 Å². The fraction of sp³-hybridized carbons (Fsp3) is 0.222. The summed E-state index contributed by atoms with van der Waals surface area (Å²) in [5.74, 6) is 1.55. The third-order valence-electron chi connectivity index (χ3n) is 4.19. The Morgan fingerprint density at radius 2 is 2.08 bits per heavy atom. The van der Waals surface area contributed by atoms with E-state index in [-0.39, 0.29) is 0 Å². The minimum atomic E-state index is 0.414. The van der Waals surface area contributed by atoms with Crippen LogP contribution in [0.25, 0.3) is 10.9 Å².